The fourth-order valence-corrected chi connectivity index (χ4v) is 5.09. The predicted octanol–water partition coefficient (Wildman–Crippen LogP) is 2.14. The summed E-state index contributed by atoms with van der Waals surface area (Å²) >= 11 is 0. The zero-order valence-electron chi connectivity index (χ0n) is 14.1. The van der Waals surface area contributed by atoms with E-state index in [4.69, 9.17) is 0 Å². The van der Waals surface area contributed by atoms with Crippen molar-refractivity contribution in [3.05, 3.63) is 29.3 Å². The average molecular weight is 322 g/mol. The second-order valence-corrected chi connectivity index (χ2v) is 9.77. The van der Waals surface area contributed by atoms with Crippen molar-refractivity contribution in [2.24, 2.45) is 5.41 Å². The van der Waals surface area contributed by atoms with Crippen molar-refractivity contribution in [2.45, 2.75) is 50.0 Å². The van der Waals surface area contributed by atoms with Crippen LogP contribution in [0.2, 0.25) is 0 Å². The molecule has 3 rings (SSSR count). The number of nitrogens with one attached hydrogen (secondary N) is 1. The minimum absolute atomic E-state index is 0.0942. The largest absolute Gasteiger partial charge is 0.313 e. The lowest BCUT2D eigenvalue weighted by atomic mass is 9.51. The average Bonchev–Trinajstić information content (AvgIpc) is 2.41. The van der Waals surface area contributed by atoms with Gasteiger partial charge in [0.15, 0.2) is 0 Å². The maximum atomic E-state index is 12.4. The van der Waals surface area contributed by atoms with E-state index in [9.17, 15) is 8.42 Å². The van der Waals surface area contributed by atoms with Crippen LogP contribution in [0.3, 0.4) is 0 Å². The van der Waals surface area contributed by atoms with Crippen LogP contribution < -0.4 is 5.32 Å². The van der Waals surface area contributed by atoms with Gasteiger partial charge in [-0.15, -0.1) is 0 Å². The molecule has 1 unspecified atom stereocenters. The maximum Gasteiger partial charge on any atom is 0.242 e. The van der Waals surface area contributed by atoms with Crippen molar-refractivity contribution in [2.75, 3.05) is 20.6 Å². The molecule has 1 aliphatic carbocycles. The van der Waals surface area contributed by atoms with Crippen molar-refractivity contribution in [1.29, 1.82) is 0 Å². The van der Waals surface area contributed by atoms with Crippen molar-refractivity contribution in [3.63, 3.8) is 0 Å². The molecule has 2 bridgehead atoms. The third kappa shape index (κ3) is 1.99. The highest BCUT2D eigenvalue weighted by Crippen LogP contribution is 2.53. The van der Waals surface area contributed by atoms with Crippen LogP contribution in [0.15, 0.2) is 23.1 Å². The Balaban J connectivity index is 2.16. The number of rotatable bonds is 2. The van der Waals surface area contributed by atoms with E-state index in [1.165, 1.54) is 15.4 Å². The van der Waals surface area contributed by atoms with E-state index in [0.717, 1.165) is 19.4 Å². The second kappa shape index (κ2) is 4.79. The van der Waals surface area contributed by atoms with Gasteiger partial charge in [-0.2, -0.15) is 0 Å². The fourth-order valence-electron chi connectivity index (χ4n) is 4.14. The lowest BCUT2D eigenvalue weighted by Gasteiger charge is -2.57. The van der Waals surface area contributed by atoms with Gasteiger partial charge in [-0.05, 0) is 48.1 Å². The highest BCUT2D eigenvalue weighted by atomic mass is 32.2. The molecule has 2 aliphatic rings. The topological polar surface area (TPSA) is 49.4 Å². The number of piperidine rings is 1. The van der Waals surface area contributed by atoms with E-state index in [-0.39, 0.29) is 10.8 Å². The number of sulfonamides is 1. The quantitative estimate of drug-likeness (QED) is 0.907. The zero-order chi connectivity index (χ0) is 16.3. The standard InChI is InChI=1S/C17H26N2O2S/c1-16(2)15-11-12-10-13(22(20,21)19(4)5)6-7-14(12)17(16,3)8-9-18-15/h6-7,10,15,18H,8-9,11H2,1-5H3/t15?,17-/m0/s1. The zero-order valence-corrected chi connectivity index (χ0v) is 14.9. The van der Waals surface area contributed by atoms with Gasteiger partial charge in [-0.25, -0.2) is 12.7 Å². The van der Waals surface area contributed by atoms with Gasteiger partial charge in [0, 0.05) is 25.6 Å². The Labute approximate surface area is 134 Å². The Morgan fingerprint density at radius 3 is 2.55 bits per heavy atom. The fraction of sp³-hybridized carbons (Fsp3) is 0.647. The van der Waals surface area contributed by atoms with Gasteiger partial charge in [0.25, 0.3) is 0 Å². The summed E-state index contributed by atoms with van der Waals surface area (Å²) in [4.78, 5) is 0.401. The summed E-state index contributed by atoms with van der Waals surface area (Å²) in [7, 11) is -0.212. The normalized spacial score (nSPS) is 30.2. The van der Waals surface area contributed by atoms with Crippen LogP contribution in [0.25, 0.3) is 0 Å². The molecule has 1 aliphatic heterocycles. The maximum absolute atomic E-state index is 12.4. The van der Waals surface area contributed by atoms with E-state index in [1.807, 2.05) is 6.07 Å². The molecular formula is C17H26N2O2S. The highest BCUT2D eigenvalue weighted by molar-refractivity contribution is 7.89. The molecule has 0 amide bonds. The van der Waals surface area contributed by atoms with Crippen LogP contribution in [0.1, 0.15) is 38.3 Å². The molecule has 4 nitrogen and oxygen atoms in total. The Hall–Kier alpha value is -0.910. The molecule has 1 aromatic carbocycles. The first-order chi connectivity index (χ1) is 10.1. The van der Waals surface area contributed by atoms with E-state index >= 15 is 0 Å². The molecule has 1 fully saturated rings. The van der Waals surface area contributed by atoms with E-state index in [2.05, 4.69) is 32.2 Å². The van der Waals surface area contributed by atoms with E-state index < -0.39 is 10.0 Å². The number of hydrogen-bond donors (Lipinski definition) is 1. The molecule has 1 N–H and O–H groups in total. The molecule has 0 aromatic heterocycles. The highest BCUT2D eigenvalue weighted by Gasteiger charge is 2.53. The van der Waals surface area contributed by atoms with Gasteiger partial charge in [0.1, 0.15) is 0 Å². The van der Waals surface area contributed by atoms with Crippen molar-refractivity contribution in [1.82, 2.24) is 9.62 Å². The monoisotopic (exact) mass is 322 g/mol. The molecule has 2 atom stereocenters. The minimum Gasteiger partial charge on any atom is -0.313 e. The third-order valence-corrected chi connectivity index (χ3v) is 7.99. The Bertz CT molecular complexity index is 709. The molecule has 0 saturated carbocycles. The van der Waals surface area contributed by atoms with Crippen LogP contribution in [0.4, 0.5) is 0 Å². The number of fused-ring (bicyclic) bond motifs is 4. The first-order valence-corrected chi connectivity index (χ1v) is 9.34. The smallest absolute Gasteiger partial charge is 0.242 e. The first-order valence-electron chi connectivity index (χ1n) is 7.90. The summed E-state index contributed by atoms with van der Waals surface area (Å²) in [5.74, 6) is 0. The lowest BCUT2D eigenvalue weighted by Crippen LogP contribution is -2.62. The predicted molar refractivity (Wildman–Crippen MR) is 88.6 cm³/mol. The summed E-state index contributed by atoms with van der Waals surface area (Å²) in [6.45, 7) is 8.02. The Morgan fingerprint density at radius 2 is 1.91 bits per heavy atom. The van der Waals surface area contributed by atoms with E-state index in [1.54, 1.807) is 20.2 Å². The first kappa shape index (κ1) is 16.0. The van der Waals surface area contributed by atoms with Crippen molar-refractivity contribution in [3.8, 4) is 0 Å². The molecular weight excluding hydrogens is 296 g/mol. The molecule has 1 saturated heterocycles. The van der Waals surface area contributed by atoms with Crippen LogP contribution in [0, 0.1) is 5.41 Å². The van der Waals surface area contributed by atoms with Crippen LogP contribution in [-0.2, 0) is 21.9 Å². The number of hydrogen-bond acceptors (Lipinski definition) is 3. The summed E-state index contributed by atoms with van der Waals surface area (Å²) < 4.78 is 26.0. The summed E-state index contributed by atoms with van der Waals surface area (Å²) in [6.07, 6.45) is 1.98. The van der Waals surface area contributed by atoms with Gasteiger partial charge in [0.2, 0.25) is 10.0 Å². The second-order valence-electron chi connectivity index (χ2n) is 7.62. The number of nitrogens with zero attached hydrogens (tertiary/aromatic N) is 1. The molecule has 22 heavy (non-hydrogen) atoms. The number of benzene rings is 1. The Kier molecular flexibility index (Phi) is 3.48. The van der Waals surface area contributed by atoms with Crippen LogP contribution >= 0.6 is 0 Å². The van der Waals surface area contributed by atoms with Crippen molar-refractivity contribution < 1.29 is 8.42 Å². The van der Waals surface area contributed by atoms with Crippen molar-refractivity contribution >= 4 is 10.0 Å². The molecule has 122 valence electrons. The van der Waals surface area contributed by atoms with Crippen LogP contribution in [-0.4, -0.2) is 39.4 Å². The summed E-state index contributed by atoms with van der Waals surface area (Å²) in [6, 6.07) is 6.11. The van der Waals surface area contributed by atoms with Gasteiger partial charge in [-0.3, -0.25) is 0 Å². The molecule has 0 spiro atoms. The van der Waals surface area contributed by atoms with Gasteiger partial charge >= 0.3 is 0 Å². The SMILES string of the molecule is CN(C)S(=O)(=O)c1ccc2c(c1)CC1NCC[C@]2(C)C1(C)C. The summed E-state index contributed by atoms with van der Waals surface area (Å²) in [5, 5.41) is 3.63. The molecule has 5 heteroatoms. The summed E-state index contributed by atoms with van der Waals surface area (Å²) in [5.41, 5.74) is 2.77. The van der Waals surface area contributed by atoms with E-state index in [0.29, 0.717) is 10.9 Å². The van der Waals surface area contributed by atoms with Crippen LogP contribution in [0.5, 0.6) is 0 Å². The van der Waals surface area contributed by atoms with Gasteiger partial charge in [-0.1, -0.05) is 26.8 Å². The lowest BCUT2D eigenvalue weighted by molar-refractivity contribution is 0.0558. The van der Waals surface area contributed by atoms with Gasteiger partial charge < -0.3 is 5.32 Å². The minimum atomic E-state index is -3.37. The molecule has 0 radical (unpaired) electrons. The van der Waals surface area contributed by atoms with Gasteiger partial charge in [0.05, 0.1) is 4.90 Å². The molecule has 1 heterocycles. The third-order valence-electron chi connectivity index (χ3n) is 6.18. The molecule has 1 aromatic rings. The Morgan fingerprint density at radius 1 is 1.23 bits per heavy atom.